The van der Waals surface area contributed by atoms with Gasteiger partial charge in [-0.05, 0) is 18.9 Å². The van der Waals surface area contributed by atoms with E-state index in [1.807, 2.05) is 12.3 Å². The quantitative estimate of drug-likeness (QED) is 0.567. The molecule has 0 bridgehead atoms. The number of amides is 2. The third kappa shape index (κ3) is 3.25. The first-order valence-electron chi connectivity index (χ1n) is 8.97. The number of nitrogens with one attached hydrogen (secondary N) is 3. The highest BCUT2D eigenvalue weighted by molar-refractivity contribution is 6.45. The van der Waals surface area contributed by atoms with Crippen molar-refractivity contribution in [3.8, 4) is 11.1 Å². The van der Waals surface area contributed by atoms with Gasteiger partial charge in [-0.2, -0.15) is 5.10 Å². The van der Waals surface area contributed by atoms with E-state index in [1.165, 1.54) is 7.05 Å². The van der Waals surface area contributed by atoms with Crippen LogP contribution in [0, 0.1) is 0 Å². The van der Waals surface area contributed by atoms with Gasteiger partial charge in [-0.25, -0.2) is 0 Å². The second-order valence-electron chi connectivity index (χ2n) is 6.83. The lowest BCUT2D eigenvalue weighted by molar-refractivity contribution is -0.129. The summed E-state index contributed by atoms with van der Waals surface area (Å²) < 4.78 is 2.13. The molecule has 0 saturated carbocycles. The van der Waals surface area contributed by atoms with E-state index in [0.717, 1.165) is 40.6 Å². The van der Waals surface area contributed by atoms with Crippen LogP contribution in [0.4, 0.5) is 0 Å². The summed E-state index contributed by atoms with van der Waals surface area (Å²) in [5, 5.41) is 14.3. The van der Waals surface area contributed by atoms with Crippen LogP contribution in [-0.4, -0.2) is 39.7 Å². The van der Waals surface area contributed by atoms with Crippen LogP contribution in [0.15, 0.2) is 24.5 Å². The summed E-state index contributed by atoms with van der Waals surface area (Å²) in [6, 6.07) is 3.67. The molecule has 1 aromatic carbocycles. The lowest BCUT2D eigenvalue weighted by Gasteiger charge is -2.27. The Morgan fingerprint density at radius 1 is 1.32 bits per heavy atom. The maximum atomic E-state index is 12.1. The average Bonchev–Trinajstić information content (AvgIpc) is 3.30. The van der Waals surface area contributed by atoms with Gasteiger partial charge in [0.2, 0.25) is 11.8 Å². The predicted molar refractivity (Wildman–Crippen MR) is 108 cm³/mol. The van der Waals surface area contributed by atoms with E-state index in [2.05, 4.69) is 25.4 Å². The number of aromatic nitrogens is 3. The fourth-order valence-electron chi connectivity index (χ4n) is 3.86. The molecule has 28 heavy (non-hydrogen) atoms. The molecule has 2 amide bonds. The molecule has 0 radical (unpaired) electrons. The van der Waals surface area contributed by atoms with Crippen LogP contribution in [0.1, 0.15) is 18.5 Å². The Balaban J connectivity index is 1.73. The van der Waals surface area contributed by atoms with Gasteiger partial charge in [0.15, 0.2) is 0 Å². The lowest BCUT2D eigenvalue weighted by atomic mass is 9.99. The van der Waals surface area contributed by atoms with Crippen LogP contribution in [0.2, 0.25) is 10.0 Å². The van der Waals surface area contributed by atoms with Crippen LogP contribution in [0.3, 0.4) is 0 Å². The van der Waals surface area contributed by atoms with Gasteiger partial charge in [-0.3, -0.25) is 14.7 Å². The summed E-state index contributed by atoms with van der Waals surface area (Å²) in [7, 11) is 1.51. The maximum absolute atomic E-state index is 12.1. The van der Waals surface area contributed by atoms with Crippen molar-refractivity contribution >= 4 is 45.9 Å². The molecule has 0 saturated heterocycles. The Morgan fingerprint density at radius 2 is 2.14 bits per heavy atom. The number of H-pyrrole nitrogens is 1. The minimum atomic E-state index is -0.308. The number of rotatable bonds is 4. The highest BCUT2D eigenvalue weighted by atomic mass is 35.5. The van der Waals surface area contributed by atoms with Gasteiger partial charge >= 0.3 is 0 Å². The molecule has 1 aliphatic heterocycles. The summed E-state index contributed by atoms with van der Waals surface area (Å²) >= 11 is 12.8. The van der Waals surface area contributed by atoms with Gasteiger partial charge in [0.05, 0.1) is 21.8 Å². The zero-order valence-corrected chi connectivity index (χ0v) is 16.7. The molecule has 3 N–H and O–H groups in total. The topological polar surface area (TPSA) is 91.8 Å². The fraction of sp³-hybridized carbons (Fsp3) is 0.316. The van der Waals surface area contributed by atoms with Crippen LogP contribution in [0.25, 0.3) is 22.0 Å². The first-order chi connectivity index (χ1) is 13.5. The van der Waals surface area contributed by atoms with Crippen LogP contribution in [0.5, 0.6) is 0 Å². The monoisotopic (exact) mass is 419 g/mol. The minimum Gasteiger partial charge on any atom is -0.359 e. The van der Waals surface area contributed by atoms with Gasteiger partial charge < -0.3 is 15.2 Å². The van der Waals surface area contributed by atoms with Gasteiger partial charge in [0, 0.05) is 48.0 Å². The molecule has 1 aliphatic rings. The third-order valence-electron chi connectivity index (χ3n) is 5.11. The molecule has 0 fully saturated rings. The second-order valence-corrected chi connectivity index (χ2v) is 7.62. The standard InChI is InChI=1S/C19H19Cl2N5O2/c1-22-15(27)6-16(28)25-11-2-5-14-17(10-7-23-24-8-10)12-3-4-13(20)18(21)19(12)26(14)9-11/h3-4,7-8,11H,2,5-6,9H2,1H3,(H,22,27)(H,23,24)(H,25,28). The Bertz CT molecular complexity index is 1060. The van der Waals surface area contributed by atoms with Crippen LogP contribution < -0.4 is 10.6 Å². The summed E-state index contributed by atoms with van der Waals surface area (Å²) in [5.74, 6) is -0.596. The molecule has 2 aromatic heterocycles. The van der Waals surface area contributed by atoms with Crippen molar-refractivity contribution in [1.82, 2.24) is 25.4 Å². The van der Waals surface area contributed by atoms with Crippen molar-refractivity contribution in [3.63, 3.8) is 0 Å². The first-order valence-corrected chi connectivity index (χ1v) is 9.73. The molecule has 1 atom stereocenters. The molecular formula is C19H19Cl2N5O2. The molecule has 3 aromatic rings. The van der Waals surface area contributed by atoms with E-state index in [0.29, 0.717) is 16.6 Å². The number of fused-ring (bicyclic) bond motifs is 3. The SMILES string of the molecule is CNC(=O)CC(=O)NC1CCc2c(-c3cn[nH]c3)c3ccc(Cl)c(Cl)c3n2C1. The highest BCUT2D eigenvalue weighted by Crippen LogP contribution is 2.42. The van der Waals surface area contributed by atoms with Crippen molar-refractivity contribution in [1.29, 1.82) is 0 Å². The summed E-state index contributed by atoms with van der Waals surface area (Å²) in [4.78, 5) is 23.6. The number of aromatic amines is 1. The van der Waals surface area contributed by atoms with Gasteiger partial charge in [-0.15, -0.1) is 0 Å². The summed E-state index contributed by atoms with van der Waals surface area (Å²) in [6.45, 7) is 0.559. The largest absolute Gasteiger partial charge is 0.359 e. The van der Waals surface area contributed by atoms with Crippen LogP contribution in [-0.2, 0) is 22.6 Å². The first kappa shape index (κ1) is 18.8. The maximum Gasteiger partial charge on any atom is 0.229 e. The Morgan fingerprint density at radius 3 is 2.86 bits per heavy atom. The van der Waals surface area contributed by atoms with Crippen molar-refractivity contribution in [2.75, 3.05) is 7.05 Å². The Kier molecular flexibility index (Phi) is 5.03. The Hall–Kier alpha value is -2.51. The van der Waals surface area contributed by atoms with Crippen LogP contribution >= 0.6 is 23.2 Å². The van der Waals surface area contributed by atoms with Gasteiger partial charge in [-0.1, -0.05) is 29.3 Å². The Labute approximate surface area is 171 Å². The number of nitrogens with zero attached hydrogens (tertiary/aromatic N) is 2. The van der Waals surface area contributed by atoms with Gasteiger partial charge in [0.1, 0.15) is 6.42 Å². The second kappa shape index (κ2) is 7.48. The van der Waals surface area contributed by atoms with E-state index in [9.17, 15) is 9.59 Å². The number of halogens is 2. The average molecular weight is 420 g/mol. The molecule has 7 nitrogen and oxygen atoms in total. The van der Waals surface area contributed by atoms with E-state index in [4.69, 9.17) is 23.2 Å². The lowest BCUT2D eigenvalue weighted by Crippen LogP contribution is -2.42. The van der Waals surface area contributed by atoms with E-state index < -0.39 is 0 Å². The van der Waals surface area contributed by atoms with Gasteiger partial charge in [0.25, 0.3) is 0 Å². The zero-order chi connectivity index (χ0) is 19.8. The number of hydrogen-bond acceptors (Lipinski definition) is 3. The fourth-order valence-corrected chi connectivity index (χ4v) is 4.27. The van der Waals surface area contributed by atoms with Crippen molar-refractivity contribution in [2.24, 2.45) is 0 Å². The third-order valence-corrected chi connectivity index (χ3v) is 5.90. The molecule has 0 aliphatic carbocycles. The molecule has 9 heteroatoms. The molecule has 3 heterocycles. The molecule has 0 spiro atoms. The number of carbonyl (C=O) groups excluding carboxylic acids is 2. The highest BCUT2D eigenvalue weighted by Gasteiger charge is 2.28. The zero-order valence-electron chi connectivity index (χ0n) is 15.2. The van der Waals surface area contributed by atoms with Crippen molar-refractivity contribution in [2.45, 2.75) is 31.8 Å². The van der Waals surface area contributed by atoms with E-state index in [-0.39, 0.29) is 24.3 Å². The molecule has 4 rings (SSSR count). The molecule has 146 valence electrons. The van der Waals surface area contributed by atoms with Crippen molar-refractivity contribution < 1.29 is 9.59 Å². The smallest absolute Gasteiger partial charge is 0.229 e. The minimum absolute atomic E-state index is 0.0903. The number of hydrogen-bond donors (Lipinski definition) is 3. The predicted octanol–water partition coefficient (Wildman–Crippen LogP) is 2.91. The van der Waals surface area contributed by atoms with Crippen molar-refractivity contribution in [3.05, 3.63) is 40.3 Å². The molecular weight excluding hydrogens is 401 g/mol. The van der Waals surface area contributed by atoms with E-state index in [1.54, 1.807) is 12.3 Å². The van der Waals surface area contributed by atoms with E-state index >= 15 is 0 Å². The number of carbonyl (C=O) groups is 2. The normalized spacial score (nSPS) is 16.0. The molecule has 1 unspecified atom stereocenters. The number of benzene rings is 1. The summed E-state index contributed by atoms with van der Waals surface area (Å²) in [5.41, 5.74) is 4.06. The summed E-state index contributed by atoms with van der Waals surface area (Å²) in [6.07, 6.45) is 4.99.